The predicted molar refractivity (Wildman–Crippen MR) is 86.5 cm³/mol. The van der Waals surface area contributed by atoms with Crippen LogP contribution in [0.1, 0.15) is 47.3 Å². The van der Waals surface area contributed by atoms with Crippen LogP contribution in [0.3, 0.4) is 0 Å². The molecule has 0 N–H and O–H groups in total. The molecule has 0 spiro atoms. The second-order valence-electron chi connectivity index (χ2n) is 6.20. The quantitative estimate of drug-likeness (QED) is 0.868. The maximum atomic E-state index is 13.0. The van der Waals surface area contributed by atoms with Crippen molar-refractivity contribution in [2.24, 2.45) is 7.05 Å². The monoisotopic (exact) mass is 297 g/mol. The number of aromatic nitrogens is 2. The van der Waals surface area contributed by atoms with Crippen LogP contribution < -0.4 is 0 Å². The normalized spacial score (nSPS) is 15.2. The molecule has 3 rings (SSSR count). The average molecular weight is 297 g/mol. The van der Waals surface area contributed by atoms with Crippen molar-refractivity contribution in [3.05, 3.63) is 53.3 Å². The molecule has 2 aromatic rings. The predicted octanol–water partition coefficient (Wildman–Crippen LogP) is 3.31. The lowest BCUT2D eigenvalue weighted by Gasteiger charge is -2.29. The summed E-state index contributed by atoms with van der Waals surface area (Å²) in [6.45, 7) is 2.76. The first-order valence-electron chi connectivity index (χ1n) is 7.99. The Balaban J connectivity index is 1.85. The lowest BCUT2D eigenvalue weighted by Crippen LogP contribution is -2.39. The number of carbonyl (C=O) groups is 1. The van der Waals surface area contributed by atoms with Gasteiger partial charge in [-0.3, -0.25) is 9.48 Å². The Morgan fingerprint density at radius 1 is 1.23 bits per heavy atom. The van der Waals surface area contributed by atoms with Gasteiger partial charge in [0.05, 0.1) is 0 Å². The SMILES string of the molecule is Cc1ccc(CN(C(=O)c2ccnn2C)C2CCCC2)cc1. The highest BCUT2D eigenvalue weighted by Gasteiger charge is 2.28. The van der Waals surface area contributed by atoms with Gasteiger partial charge in [0.2, 0.25) is 0 Å². The Bertz CT molecular complexity index is 639. The van der Waals surface area contributed by atoms with Gasteiger partial charge in [0, 0.05) is 25.8 Å². The van der Waals surface area contributed by atoms with E-state index in [0.717, 1.165) is 12.8 Å². The minimum absolute atomic E-state index is 0.0903. The van der Waals surface area contributed by atoms with Crippen molar-refractivity contribution in [2.45, 2.75) is 45.2 Å². The van der Waals surface area contributed by atoms with Crippen LogP contribution in [-0.4, -0.2) is 26.6 Å². The second kappa shape index (κ2) is 6.34. The highest BCUT2D eigenvalue weighted by molar-refractivity contribution is 5.92. The fourth-order valence-electron chi connectivity index (χ4n) is 3.20. The number of benzene rings is 1. The summed E-state index contributed by atoms with van der Waals surface area (Å²) in [5.41, 5.74) is 3.10. The molecule has 4 heteroatoms. The first-order valence-corrected chi connectivity index (χ1v) is 7.99. The van der Waals surface area contributed by atoms with E-state index in [0.29, 0.717) is 18.3 Å². The summed E-state index contributed by atoms with van der Waals surface area (Å²) in [6.07, 6.45) is 6.33. The standard InChI is InChI=1S/C18H23N3O/c1-14-7-9-15(10-8-14)13-21(16-5-3-4-6-16)18(22)17-11-12-19-20(17)2/h7-12,16H,3-6,13H2,1-2H3. The Labute approximate surface area is 131 Å². The molecule has 1 aliphatic carbocycles. The maximum Gasteiger partial charge on any atom is 0.272 e. The Kier molecular flexibility index (Phi) is 4.27. The molecule has 1 aromatic heterocycles. The van der Waals surface area contributed by atoms with Crippen LogP contribution in [-0.2, 0) is 13.6 Å². The van der Waals surface area contributed by atoms with Crippen molar-refractivity contribution in [1.29, 1.82) is 0 Å². The molecule has 4 nitrogen and oxygen atoms in total. The summed E-state index contributed by atoms with van der Waals surface area (Å²) >= 11 is 0. The van der Waals surface area contributed by atoms with Crippen LogP contribution in [0.15, 0.2) is 36.5 Å². The fraction of sp³-hybridized carbons (Fsp3) is 0.444. The number of nitrogens with zero attached hydrogens (tertiary/aromatic N) is 3. The molecule has 0 radical (unpaired) electrons. The zero-order valence-corrected chi connectivity index (χ0v) is 13.3. The zero-order chi connectivity index (χ0) is 15.5. The van der Waals surface area contributed by atoms with Gasteiger partial charge < -0.3 is 4.90 Å². The van der Waals surface area contributed by atoms with Crippen molar-refractivity contribution in [2.75, 3.05) is 0 Å². The van der Waals surface area contributed by atoms with Crippen LogP contribution in [0.5, 0.6) is 0 Å². The van der Waals surface area contributed by atoms with Gasteiger partial charge >= 0.3 is 0 Å². The van der Waals surface area contributed by atoms with E-state index in [1.54, 1.807) is 16.9 Å². The van der Waals surface area contributed by atoms with Crippen LogP contribution >= 0.6 is 0 Å². The van der Waals surface area contributed by atoms with Crippen LogP contribution in [0.4, 0.5) is 0 Å². The van der Waals surface area contributed by atoms with E-state index in [1.165, 1.54) is 24.0 Å². The van der Waals surface area contributed by atoms with Crippen molar-refractivity contribution in [1.82, 2.24) is 14.7 Å². The molecular formula is C18H23N3O. The van der Waals surface area contributed by atoms with Crippen molar-refractivity contribution in [3.63, 3.8) is 0 Å². The number of amides is 1. The Hall–Kier alpha value is -2.10. The number of rotatable bonds is 4. The van der Waals surface area contributed by atoms with Gasteiger partial charge in [-0.2, -0.15) is 5.10 Å². The van der Waals surface area contributed by atoms with Gasteiger partial charge in [-0.05, 0) is 31.4 Å². The highest BCUT2D eigenvalue weighted by atomic mass is 16.2. The molecular weight excluding hydrogens is 274 g/mol. The highest BCUT2D eigenvalue weighted by Crippen LogP contribution is 2.26. The minimum Gasteiger partial charge on any atom is -0.330 e. The van der Waals surface area contributed by atoms with Crippen LogP contribution in [0.2, 0.25) is 0 Å². The first kappa shape index (κ1) is 14.8. The third-order valence-corrected chi connectivity index (χ3v) is 4.54. The van der Waals surface area contributed by atoms with Crippen LogP contribution in [0.25, 0.3) is 0 Å². The van der Waals surface area contributed by atoms with Crippen molar-refractivity contribution < 1.29 is 4.79 Å². The number of aryl methyl sites for hydroxylation is 2. The van der Waals surface area contributed by atoms with Gasteiger partial charge in [-0.15, -0.1) is 0 Å². The van der Waals surface area contributed by atoms with E-state index < -0.39 is 0 Å². The molecule has 0 unspecified atom stereocenters. The molecule has 1 heterocycles. The molecule has 1 aromatic carbocycles. The summed E-state index contributed by atoms with van der Waals surface area (Å²) in [7, 11) is 1.83. The summed E-state index contributed by atoms with van der Waals surface area (Å²) in [6, 6.07) is 10.6. The van der Waals surface area contributed by atoms with Crippen LogP contribution in [0, 0.1) is 6.92 Å². The summed E-state index contributed by atoms with van der Waals surface area (Å²) in [5.74, 6) is 0.0903. The molecule has 0 aliphatic heterocycles. The number of hydrogen-bond donors (Lipinski definition) is 0. The van der Waals surface area contributed by atoms with E-state index in [-0.39, 0.29) is 5.91 Å². The molecule has 0 bridgehead atoms. The third kappa shape index (κ3) is 3.06. The molecule has 116 valence electrons. The molecule has 1 amide bonds. The van der Waals surface area contributed by atoms with Gasteiger partial charge in [0.15, 0.2) is 0 Å². The Morgan fingerprint density at radius 3 is 2.50 bits per heavy atom. The molecule has 1 aliphatic rings. The van der Waals surface area contributed by atoms with E-state index in [9.17, 15) is 4.79 Å². The lowest BCUT2D eigenvalue weighted by molar-refractivity contribution is 0.0653. The molecule has 1 fully saturated rings. The molecule has 0 atom stereocenters. The van der Waals surface area contributed by atoms with E-state index >= 15 is 0 Å². The van der Waals surface area contributed by atoms with Crippen molar-refractivity contribution in [3.8, 4) is 0 Å². The maximum absolute atomic E-state index is 13.0. The van der Waals surface area contributed by atoms with Gasteiger partial charge in [-0.1, -0.05) is 42.7 Å². The zero-order valence-electron chi connectivity index (χ0n) is 13.3. The summed E-state index contributed by atoms with van der Waals surface area (Å²) in [5, 5.41) is 4.13. The van der Waals surface area contributed by atoms with Gasteiger partial charge in [0.1, 0.15) is 5.69 Å². The lowest BCUT2D eigenvalue weighted by atomic mass is 10.1. The minimum atomic E-state index is 0.0903. The van der Waals surface area contributed by atoms with E-state index in [4.69, 9.17) is 0 Å². The van der Waals surface area contributed by atoms with Gasteiger partial charge in [-0.25, -0.2) is 0 Å². The summed E-state index contributed by atoms with van der Waals surface area (Å²) < 4.78 is 1.67. The number of hydrogen-bond acceptors (Lipinski definition) is 2. The Morgan fingerprint density at radius 2 is 1.91 bits per heavy atom. The van der Waals surface area contributed by atoms with E-state index in [2.05, 4.69) is 36.3 Å². The van der Waals surface area contributed by atoms with Crippen molar-refractivity contribution >= 4 is 5.91 Å². The fourth-order valence-corrected chi connectivity index (χ4v) is 3.20. The second-order valence-corrected chi connectivity index (χ2v) is 6.20. The van der Waals surface area contributed by atoms with E-state index in [1.807, 2.05) is 11.9 Å². The molecule has 1 saturated carbocycles. The largest absolute Gasteiger partial charge is 0.330 e. The summed E-state index contributed by atoms with van der Waals surface area (Å²) in [4.78, 5) is 15.0. The molecule has 0 saturated heterocycles. The third-order valence-electron chi connectivity index (χ3n) is 4.54. The average Bonchev–Trinajstić information content (AvgIpc) is 3.17. The van der Waals surface area contributed by atoms with Gasteiger partial charge in [0.25, 0.3) is 5.91 Å². The first-order chi connectivity index (χ1) is 10.6. The smallest absolute Gasteiger partial charge is 0.272 e. The number of carbonyl (C=O) groups excluding carboxylic acids is 1. The molecule has 22 heavy (non-hydrogen) atoms. The topological polar surface area (TPSA) is 38.1 Å².